The van der Waals surface area contributed by atoms with E-state index in [9.17, 15) is 4.79 Å². The molecule has 102 valence electrons. The van der Waals surface area contributed by atoms with Crippen LogP contribution in [0.15, 0.2) is 23.1 Å². The Labute approximate surface area is 126 Å². The van der Waals surface area contributed by atoms with E-state index in [0.29, 0.717) is 28.9 Å². The molecule has 0 heterocycles. The Hall–Kier alpha value is -0.860. The van der Waals surface area contributed by atoms with Crippen LogP contribution in [0.2, 0.25) is 10.0 Å². The van der Waals surface area contributed by atoms with Gasteiger partial charge in [0.2, 0.25) is 0 Å². The fourth-order valence-corrected chi connectivity index (χ4v) is 2.91. The van der Waals surface area contributed by atoms with Gasteiger partial charge in [0.05, 0.1) is 18.1 Å². The summed E-state index contributed by atoms with van der Waals surface area (Å²) in [6, 6.07) is 5.25. The topological polar surface area (TPSA) is 40.5 Å². The molecular weight excluding hydrogens is 305 g/mol. The average Bonchev–Trinajstić information content (AvgIpc) is 2.33. The quantitative estimate of drug-likeness (QED) is 0.619. The second kappa shape index (κ2) is 8.34. The lowest BCUT2D eigenvalue weighted by molar-refractivity contribution is -0.138. The van der Waals surface area contributed by atoms with E-state index in [2.05, 4.69) is 5.92 Å². The number of terminal acetylenes is 1. The van der Waals surface area contributed by atoms with Crippen molar-refractivity contribution in [2.45, 2.75) is 4.90 Å². The molecule has 0 spiro atoms. The Morgan fingerprint density at radius 1 is 1.47 bits per heavy atom. The number of hydrogen-bond acceptors (Lipinski definition) is 3. The predicted octanol–water partition coefficient (Wildman–Crippen LogP) is 3.11. The third-order valence-electron chi connectivity index (χ3n) is 2.23. The van der Waals surface area contributed by atoms with Crippen LogP contribution < -0.4 is 0 Å². The molecule has 1 N–H and O–H groups in total. The number of rotatable bonds is 7. The molecule has 0 saturated heterocycles. The Balaban J connectivity index is 2.49. The van der Waals surface area contributed by atoms with Gasteiger partial charge < -0.3 is 5.11 Å². The number of thioether (sulfide) groups is 1. The van der Waals surface area contributed by atoms with Crippen molar-refractivity contribution in [1.29, 1.82) is 0 Å². The first kappa shape index (κ1) is 16.2. The Bertz CT molecular complexity index is 488. The summed E-state index contributed by atoms with van der Waals surface area (Å²) in [5.74, 6) is 2.25. The minimum atomic E-state index is -0.888. The van der Waals surface area contributed by atoms with E-state index < -0.39 is 5.97 Å². The SMILES string of the molecule is C#CCN(CCSc1cc(Cl)ccc1Cl)CC(=O)O. The lowest BCUT2D eigenvalue weighted by Crippen LogP contribution is -2.32. The monoisotopic (exact) mass is 317 g/mol. The summed E-state index contributed by atoms with van der Waals surface area (Å²) >= 11 is 13.5. The van der Waals surface area contributed by atoms with Crippen LogP contribution in [0, 0.1) is 12.3 Å². The molecule has 0 aliphatic rings. The van der Waals surface area contributed by atoms with E-state index in [1.165, 1.54) is 11.8 Å². The standard InChI is InChI=1S/C13H13Cl2NO2S/c1-2-5-16(9-13(17)18)6-7-19-12-8-10(14)3-4-11(12)15/h1,3-4,8H,5-7,9H2,(H,17,18). The van der Waals surface area contributed by atoms with Crippen LogP contribution in [-0.4, -0.2) is 41.4 Å². The molecule has 19 heavy (non-hydrogen) atoms. The molecule has 6 heteroatoms. The number of benzene rings is 1. The molecule has 0 aliphatic carbocycles. The zero-order valence-corrected chi connectivity index (χ0v) is 12.4. The van der Waals surface area contributed by atoms with E-state index in [4.69, 9.17) is 34.7 Å². The third kappa shape index (κ3) is 6.22. The maximum Gasteiger partial charge on any atom is 0.317 e. The van der Waals surface area contributed by atoms with Gasteiger partial charge in [-0.25, -0.2) is 0 Å². The normalized spacial score (nSPS) is 10.4. The Kier molecular flexibility index (Phi) is 7.11. The predicted molar refractivity (Wildman–Crippen MR) is 80.1 cm³/mol. The number of carboxylic acid groups (broad SMARTS) is 1. The van der Waals surface area contributed by atoms with Crippen molar-refractivity contribution in [3.63, 3.8) is 0 Å². The van der Waals surface area contributed by atoms with Gasteiger partial charge in [0, 0.05) is 22.2 Å². The maximum absolute atomic E-state index is 10.7. The van der Waals surface area contributed by atoms with Gasteiger partial charge in [-0.15, -0.1) is 18.2 Å². The Morgan fingerprint density at radius 2 is 2.21 bits per heavy atom. The maximum atomic E-state index is 10.7. The zero-order chi connectivity index (χ0) is 14.3. The molecule has 0 atom stereocenters. The van der Waals surface area contributed by atoms with E-state index in [1.54, 1.807) is 23.1 Å². The van der Waals surface area contributed by atoms with Crippen LogP contribution in [0.5, 0.6) is 0 Å². The number of halogens is 2. The van der Waals surface area contributed by atoms with Crippen LogP contribution in [0.4, 0.5) is 0 Å². The van der Waals surface area contributed by atoms with Crippen LogP contribution in [0.3, 0.4) is 0 Å². The molecule has 0 unspecified atom stereocenters. The molecule has 1 aromatic carbocycles. The van der Waals surface area contributed by atoms with Gasteiger partial charge in [0.15, 0.2) is 0 Å². The highest BCUT2D eigenvalue weighted by Gasteiger charge is 2.09. The van der Waals surface area contributed by atoms with Crippen LogP contribution in [0.25, 0.3) is 0 Å². The van der Waals surface area contributed by atoms with Gasteiger partial charge in [0.25, 0.3) is 0 Å². The van der Waals surface area contributed by atoms with Crippen molar-refractivity contribution in [2.24, 2.45) is 0 Å². The fourth-order valence-electron chi connectivity index (χ4n) is 1.41. The summed E-state index contributed by atoms with van der Waals surface area (Å²) in [6.07, 6.45) is 5.20. The number of nitrogens with zero attached hydrogens (tertiary/aromatic N) is 1. The minimum absolute atomic E-state index is 0.0615. The molecule has 0 radical (unpaired) electrons. The molecule has 3 nitrogen and oxygen atoms in total. The number of hydrogen-bond donors (Lipinski definition) is 1. The first-order valence-electron chi connectivity index (χ1n) is 5.48. The van der Waals surface area contributed by atoms with Gasteiger partial charge >= 0.3 is 5.97 Å². The van der Waals surface area contributed by atoms with Gasteiger partial charge in [-0.2, -0.15) is 0 Å². The lowest BCUT2D eigenvalue weighted by atomic mass is 10.4. The van der Waals surface area contributed by atoms with Crippen molar-refractivity contribution in [3.05, 3.63) is 28.2 Å². The van der Waals surface area contributed by atoms with Gasteiger partial charge in [-0.3, -0.25) is 9.69 Å². The van der Waals surface area contributed by atoms with Gasteiger partial charge in [-0.05, 0) is 18.2 Å². The van der Waals surface area contributed by atoms with E-state index in [1.807, 2.05) is 0 Å². The summed E-state index contributed by atoms with van der Waals surface area (Å²) in [5, 5.41) is 10.0. The molecule has 0 saturated carbocycles. The Morgan fingerprint density at radius 3 is 2.84 bits per heavy atom. The van der Waals surface area contributed by atoms with Gasteiger partial charge in [0.1, 0.15) is 0 Å². The highest BCUT2D eigenvalue weighted by atomic mass is 35.5. The highest BCUT2D eigenvalue weighted by Crippen LogP contribution is 2.29. The third-order valence-corrected chi connectivity index (χ3v) is 3.94. The molecule has 0 aliphatic heterocycles. The molecule has 1 rings (SSSR count). The van der Waals surface area contributed by atoms with E-state index >= 15 is 0 Å². The number of aliphatic carboxylic acids is 1. The van der Waals surface area contributed by atoms with Crippen LogP contribution in [-0.2, 0) is 4.79 Å². The van der Waals surface area contributed by atoms with Crippen LogP contribution >= 0.6 is 35.0 Å². The van der Waals surface area contributed by atoms with Crippen molar-refractivity contribution < 1.29 is 9.90 Å². The lowest BCUT2D eigenvalue weighted by Gasteiger charge is -2.16. The fraction of sp³-hybridized carbons (Fsp3) is 0.308. The van der Waals surface area contributed by atoms with Crippen molar-refractivity contribution in [3.8, 4) is 12.3 Å². The summed E-state index contributed by atoms with van der Waals surface area (Å²) in [5.41, 5.74) is 0. The summed E-state index contributed by atoms with van der Waals surface area (Å²) in [4.78, 5) is 13.2. The molecular formula is C13H13Cl2NO2S. The van der Waals surface area contributed by atoms with Crippen molar-refractivity contribution in [2.75, 3.05) is 25.4 Å². The summed E-state index contributed by atoms with van der Waals surface area (Å²) in [6.45, 7) is 0.828. The second-order valence-electron chi connectivity index (χ2n) is 3.73. The first-order chi connectivity index (χ1) is 9.02. The molecule has 0 bridgehead atoms. The zero-order valence-electron chi connectivity index (χ0n) is 10.1. The largest absolute Gasteiger partial charge is 0.480 e. The molecule has 1 aromatic rings. The number of carboxylic acids is 1. The van der Waals surface area contributed by atoms with E-state index in [0.717, 1.165) is 4.90 Å². The van der Waals surface area contributed by atoms with E-state index in [-0.39, 0.29) is 6.54 Å². The number of carbonyl (C=O) groups is 1. The van der Waals surface area contributed by atoms with Crippen molar-refractivity contribution >= 4 is 40.9 Å². The molecule has 0 amide bonds. The summed E-state index contributed by atoms with van der Waals surface area (Å²) in [7, 11) is 0. The second-order valence-corrected chi connectivity index (χ2v) is 5.71. The minimum Gasteiger partial charge on any atom is -0.480 e. The highest BCUT2D eigenvalue weighted by molar-refractivity contribution is 7.99. The summed E-state index contributed by atoms with van der Waals surface area (Å²) < 4.78 is 0. The molecule has 0 aromatic heterocycles. The smallest absolute Gasteiger partial charge is 0.317 e. The van der Waals surface area contributed by atoms with Crippen LogP contribution in [0.1, 0.15) is 0 Å². The molecule has 0 fully saturated rings. The first-order valence-corrected chi connectivity index (χ1v) is 7.22. The van der Waals surface area contributed by atoms with Crippen molar-refractivity contribution in [1.82, 2.24) is 4.90 Å². The van der Waals surface area contributed by atoms with Gasteiger partial charge in [-0.1, -0.05) is 29.1 Å². The average molecular weight is 318 g/mol.